The van der Waals surface area contributed by atoms with E-state index < -0.39 is 10.0 Å². The van der Waals surface area contributed by atoms with Crippen LogP contribution in [-0.4, -0.2) is 67.7 Å². The summed E-state index contributed by atoms with van der Waals surface area (Å²) >= 11 is 0. The highest BCUT2D eigenvalue weighted by Gasteiger charge is 2.32. The normalized spacial score (nSPS) is 16.7. The quantitative estimate of drug-likeness (QED) is 0.826. The predicted octanol–water partition coefficient (Wildman–Crippen LogP) is 1.58. The number of benzene rings is 1. The van der Waals surface area contributed by atoms with E-state index in [1.165, 1.54) is 5.56 Å². The van der Waals surface area contributed by atoms with Crippen molar-refractivity contribution in [2.45, 2.75) is 25.2 Å². The van der Waals surface area contributed by atoms with Gasteiger partial charge in [-0.1, -0.05) is 12.1 Å². The Hall–Kier alpha value is -1.90. The molecule has 1 N–H and O–H groups in total. The van der Waals surface area contributed by atoms with Gasteiger partial charge in [-0.2, -0.15) is 9.40 Å². The summed E-state index contributed by atoms with van der Waals surface area (Å²) in [5.41, 5.74) is 2.39. The molecule has 2 aromatic rings. The Morgan fingerprint density at radius 3 is 2.31 bits per heavy atom. The van der Waals surface area contributed by atoms with Crippen LogP contribution in [0.1, 0.15) is 17.0 Å². The summed E-state index contributed by atoms with van der Waals surface area (Å²) in [6.07, 6.45) is 0.941. The maximum absolute atomic E-state index is 12.9. The van der Waals surface area contributed by atoms with Gasteiger partial charge in [0.2, 0.25) is 10.0 Å². The lowest BCUT2D eigenvalue weighted by Crippen LogP contribution is -2.49. The topological polar surface area (TPSA) is 78.5 Å². The van der Waals surface area contributed by atoms with Crippen molar-refractivity contribution in [3.8, 4) is 5.75 Å². The van der Waals surface area contributed by atoms with Crippen molar-refractivity contribution in [3.63, 3.8) is 0 Å². The average molecular weight is 378 g/mol. The largest absolute Gasteiger partial charge is 0.497 e. The Morgan fingerprint density at radius 1 is 1.12 bits per heavy atom. The number of hydrogen-bond acceptors (Lipinski definition) is 5. The van der Waals surface area contributed by atoms with Crippen LogP contribution in [0.5, 0.6) is 5.75 Å². The van der Waals surface area contributed by atoms with Crippen molar-refractivity contribution in [2.24, 2.45) is 0 Å². The Morgan fingerprint density at radius 2 is 1.77 bits per heavy atom. The standard InChI is InChI=1S/C18H26N4O3S/c1-14-18(15(2)20-19-14)26(23,24)22-12-10-21(11-13-22)9-8-16-4-6-17(25-3)7-5-16/h4-7H,8-13H2,1-3H3,(H,19,20). The minimum Gasteiger partial charge on any atom is -0.497 e. The van der Waals surface area contributed by atoms with Crippen LogP contribution in [0.3, 0.4) is 0 Å². The van der Waals surface area contributed by atoms with E-state index in [9.17, 15) is 8.42 Å². The number of aryl methyl sites for hydroxylation is 2. The molecule has 0 bridgehead atoms. The lowest BCUT2D eigenvalue weighted by atomic mass is 10.1. The van der Waals surface area contributed by atoms with Gasteiger partial charge >= 0.3 is 0 Å². The molecule has 3 rings (SSSR count). The van der Waals surface area contributed by atoms with Crippen molar-refractivity contribution >= 4 is 10.0 Å². The maximum atomic E-state index is 12.9. The van der Waals surface area contributed by atoms with Crippen LogP contribution in [0.2, 0.25) is 0 Å². The van der Waals surface area contributed by atoms with E-state index in [4.69, 9.17) is 4.74 Å². The summed E-state index contributed by atoms with van der Waals surface area (Å²) < 4.78 is 32.5. The fraction of sp³-hybridized carbons (Fsp3) is 0.500. The molecule has 1 fully saturated rings. The minimum atomic E-state index is -3.48. The van der Waals surface area contributed by atoms with Crippen molar-refractivity contribution in [3.05, 3.63) is 41.2 Å². The van der Waals surface area contributed by atoms with Gasteiger partial charge in [-0.3, -0.25) is 5.10 Å². The number of aromatic amines is 1. The van der Waals surface area contributed by atoms with Crippen LogP contribution in [0, 0.1) is 13.8 Å². The Kier molecular flexibility index (Phi) is 5.64. The first kappa shape index (κ1) is 18.9. The first-order valence-corrected chi connectivity index (χ1v) is 10.2. The number of aromatic nitrogens is 2. The number of nitrogens with one attached hydrogen (secondary N) is 1. The summed E-state index contributed by atoms with van der Waals surface area (Å²) in [6, 6.07) is 8.08. The second kappa shape index (κ2) is 7.77. The molecule has 8 heteroatoms. The van der Waals surface area contributed by atoms with Crippen molar-refractivity contribution < 1.29 is 13.2 Å². The molecule has 0 amide bonds. The summed E-state index contributed by atoms with van der Waals surface area (Å²) in [5.74, 6) is 0.859. The first-order chi connectivity index (χ1) is 12.4. The van der Waals surface area contributed by atoms with Gasteiger partial charge in [0.05, 0.1) is 18.5 Å². The van der Waals surface area contributed by atoms with Crippen molar-refractivity contribution in [1.82, 2.24) is 19.4 Å². The summed E-state index contributed by atoms with van der Waals surface area (Å²) in [5, 5.41) is 6.78. The number of ether oxygens (including phenoxy) is 1. The van der Waals surface area contributed by atoms with Gasteiger partial charge < -0.3 is 9.64 Å². The third-order valence-corrected chi connectivity index (χ3v) is 7.03. The zero-order valence-electron chi connectivity index (χ0n) is 15.5. The number of nitrogens with zero attached hydrogens (tertiary/aromatic N) is 3. The number of H-pyrrole nitrogens is 1. The fourth-order valence-corrected chi connectivity index (χ4v) is 5.08. The van der Waals surface area contributed by atoms with Gasteiger partial charge in [0, 0.05) is 32.7 Å². The predicted molar refractivity (Wildman–Crippen MR) is 100.0 cm³/mol. The second-order valence-electron chi connectivity index (χ2n) is 6.61. The third-order valence-electron chi connectivity index (χ3n) is 4.87. The van der Waals surface area contributed by atoms with E-state index in [-0.39, 0.29) is 0 Å². The highest BCUT2D eigenvalue weighted by molar-refractivity contribution is 7.89. The molecular weight excluding hydrogens is 352 g/mol. The molecule has 142 valence electrons. The molecule has 1 aromatic carbocycles. The fourth-order valence-electron chi connectivity index (χ4n) is 3.32. The zero-order valence-corrected chi connectivity index (χ0v) is 16.3. The highest BCUT2D eigenvalue weighted by atomic mass is 32.2. The van der Waals surface area contributed by atoms with Gasteiger partial charge in [-0.15, -0.1) is 0 Å². The zero-order chi connectivity index (χ0) is 18.7. The van der Waals surface area contributed by atoms with Crippen molar-refractivity contribution in [1.29, 1.82) is 0 Å². The van der Waals surface area contributed by atoms with Gasteiger partial charge in [0.25, 0.3) is 0 Å². The lowest BCUT2D eigenvalue weighted by molar-refractivity contribution is 0.190. The van der Waals surface area contributed by atoms with Gasteiger partial charge in [-0.05, 0) is 38.0 Å². The molecule has 1 aliphatic heterocycles. The molecule has 0 saturated carbocycles. The summed E-state index contributed by atoms with van der Waals surface area (Å²) in [4.78, 5) is 2.63. The van der Waals surface area contributed by atoms with E-state index in [1.54, 1.807) is 25.3 Å². The molecule has 0 unspecified atom stereocenters. The molecule has 1 aliphatic rings. The van der Waals surface area contributed by atoms with E-state index in [0.29, 0.717) is 29.4 Å². The van der Waals surface area contributed by atoms with E-state index in [0.717, 1.165) is 31.8 Å². The molecule has 1 saturated heterocycles. The van der Waals surface area contributed by atoms with Gasteiger partial charge in [0.1, 0.15) is 10.6 Å². The minimum absolute atomic E-state index is 0.323. The number of piperazine rings is 1. The number of rotatable bonds is 6. The smallest absolute Gasteiger partial charge is 0.246 e. The van der Waals surface area contributed by atoms with Crippen LogP contribution in [-0.2, 0) is 16.4 Å². The first-order valence-electron chi connectivity index (χ1n) is 8.79. The van der Waals surface area contributed by atoms with E-state index in [2.05, 4.69) is 27.2 Å². The monoisotopic (exact) mass is 378 g/mol. The number of hydrogen-bond donors (Lipinski definition) is 1. The molecule has 0 atom stereocenters. The van der Waals surface area contributed by atoms with Crippen LogP contribution in [0.15, 0.2) is 29.2 Å². The molecule has 26 heavy (non-hydrogen) atoms. The lowest BCUT2D eigenvalue weighted by Gasteiger charge is -2.34. The maximum Gasteiger partial charge on any atom is 0.246 e. The Labute approximate surface area is 155 Å². The third kappa shape index (κ3) is 3.92. The van der Waals surface area contributed by atoms with Crippen LogP contribution in [0.25, 0.3) is 0 Å². The molecule has 7 nitrogen and oxygen atoms in total. The summed E-state index contributed by atoms with van der Waals surface area (Å²) in [6.45, 7) is 6.89. The average Bonchev–Trinajstić information content (AvgIpc) is 3.00. The molecule has 0 radical (unpaired) electrons. The second-order valence-corrected chi connectivity index (χ2v) is 8.48. The van der Waals surface area contributed by atoms with Gasteiger partial charge in [-0.25, -0.2) is 8.42 Å². The molecule has 2 heterocycles. The van der Waals surface area contributed by atoms with Crippen LogP contribution >= 0.6 is 0 Å². The number of sulfonamides is 1. The Balaban J connectivity index is 1.55. The van der Waals surface area contributed by atoms with E-state index >= 15 is 0 Å². The summed E-state index contributed by atoms with van der Waals surface area (Å²) in [7, 11) is -1.82. The van der Waals surface area contributed by atoms with Crippen LogP contribution < -0.4 is 4.74 Å². The molecular formula is C18H26N4O3S. The number of methoxy groups -OCH3 is 1. The van der Waals surface area contributed by atoms with Crippen molar-refractivity contribution in [2.75, 3.05) is 39.8 Å². The van der Waals surface area contributed by atoms with Gasteiger partial charge in [0.15, 0.2) is 0 Å². The Bertz CT molecular complexity index is 818. The molecule has 1 aromatic heterocycles. The molecule has 0 spiro atoms. The SMILES string of the molecule is COc1ccc(CCN2CCN(S(=O)(=O)c3c(C)n[nH]c3C)CC2)cc1. The van der Waals surface area contributed by atoms with E-state index in [1.807, 2.05) is 12.1 Å². The van der Waals surface area contributed by atoms with Crippen LogP contribution in [0.4, 0.5) is 0 Å². The highest BCUT2D eigenvalue weighted by Crippen LogP contribution is 2.22. The molecule has 0 aliphatic carbocycles.